The van der Waals surface area contributed by atoms with Crippen LogP contribution in [-0.2, 0) is 4.79 Å². The van der Waals surface area contributed by atoms with Crippen LogP contribution in [0, 0.1) is 11.8 Å². The van der Waals surface area contributed by atoms with Gasteiger partial charge in [-0.25, -0.2) is 14.4 Å². The average molecular weight is 619 g/mol. The maximum atomic E-state index is 15.3. The van der Waals surface area contributed by atoms with E-state index in [9.17, 15) is 14.7 Å². The molecule has 1 aliphatic heterocycles. The van der Waals surface area contributed by atoms with Crippen LogP contribution in [0.3, 0.4) is 0 Å². The van der Waals surface area contributed by atoms with Gasteiger partial charge in [0.15, 0.2) is 0 Å². The highest BCUT2D eigenvalue weighted by molar-refractivity contribution is 6.10. The number of carboxylic acid groups (broad SMARTS) is 1. The quantitative estimate of drug-likeness (QED) is 0.231. The number of aliphatic carboxylic acids is 1. The van der Waals surface area contributed by atoms with Crippen molar-refractivity contribution in [2.24, 2.45) is 11.8 Å². The number of ether oxygens (including phenoxy) is 2. The van der Waals surface area contributed by atoms with Crippen molar-refractivity contribution in [1.29, 1.82) is 0 Å². The van der Waals surface area contributed by atoms with Crippen molar-refractivity contribution in [2.45, 2.75) is 70.5 Å². The number of amides is 1. The van der Waals surface area contributed by atoms with Crippen LogP contribution in [0.1, 0.15) is 74.7 Å². The number of aromatic nitrogens is 2. The number of pyridine rings is 2. The summed E-state index contributed by atoms with van der Waals surface area (Å²) in [4.78, 5) is 38.0. The van der Waals surface area contributed by atoms with Crippen LogP contribution in [0.5, 0.6) is 11.6 Å². The number of carbonyl (C=O) groups excluding carboxylic acids is 1. The molecule has 1 N–H and O–H groups in total. The molecule has 0 spiro atoms. The minimum Gasteiger partial charge on any atom is -0.497 e. The number of piperidine rings is 1. The monoisotopic (exact) mass is 618 g/mol. The first kappa shape index (κ1) is 32.2. The van der Waals surface area contributed by atoms with Gasteiger partial charge < -0.3 is 19.5 Å². The topological polar surface area (TPSA) is 105 Å². The number of anilines is 2. The minimum atomic E-state index is -1.67. The molecule has 9 nitrogen and oxygen atoms in total. The molecule has 1 unspecified atom stereocenters. The third kappa shape index (κ3) is 7.90. The molecule has 240 valence electrons. The molecule has 0 bridgehead atoms. The second-order valence-corrected chi connectivity index (χ2v) is 12.7. The Morgan fingerprint density at radius 3 is 2.44 bits per heavy atom. The van der Waals surface area contributed by atoms with E-state index in [1.165, 1.54) is 18.7 Å². The maximum absolute atomic E-state index is 15.3. The van der Waals surface area contributed by atoms with Crippen LogP contribution in [0.25, 0.3) is 0 Å². The lowest BCUT2D eigenvalue weighted by Gasteiger charge is -2.37. The molecule has 5 rings (SSSR count). The first-order chi connectivity index (χ1) is 21.5. The highest BCUT2D eigenvalue weighted by atomic mass is 19.1. The van der Waals surface area contributed by atoms with Crippen LogP contribution in [-0.4, -0.2) is 65.5 Å². The van der Waals surface area contributed by atoms with Crippen molar-refractivity contribution in [2.75, 3.05) is 36.6 Å². The van der Waals surface area contributed by atoms with E-state index in [1.807, 2.05) is 18.2 Å². The van der Waals surface area contributed by atoms with Gasteiger partial charge in [0.25, 0.3) is 5.91 Å². The third-order valence-corrected chi connectivity index (χ3v) is 9.13. The van der Waals surface area contributed by atoms with Crippen molar-refractivity contribution in [3.63, 3.8) is 0 Å². The zero-order chi connectivity index (χ0) is 32.1. The predicted octanol–water partition coefficient (Wildman–Crippen LogP) is 6.53. The SMILES string of the molecule is COc1ccc(C(=O)N(c2ccccn2)[C@@H](C)C(C)(C)F)c(N2CCC(COc3cc(C(CC(=O)O)C4CC4)ccn3)CC2)c1. The summed E-state index contributed by atoms with van der Waals surface area (Å²) >= 11 is 0. The smallest absolute Gasteiger partial charge is 0.303 e. The highest BCUT2D eigenvalue weighted by Crippen LogP contribution is 2.45. The van der Waals surface area contributed by atoms with E-state index in [0.29, 0.717) is 48.6 Å². The summed E-state index contributed by atoms with van der Waals surface area (Å²) in [7, 11) is 1.59. The predicted molar refractivity (Wildman–Crippen MR) is 171 cm³/mol. The van der Waals surface area contributed by atoms with Crippen LogP contribution in [0.2, 0.25) is 0 Å². The zero-order valence-corrected chi connectivity index (χ0v) is 26.5. The van der Waals surface area contributed by atoms with Crippen LogP contribution >= 0.6 is 0 Å². The van der Waals surface area contributed by atoms with Gasteiger partial charge in [0, 0.05) is 37.6 Å². The third-order valence-electron chi connectivity index (χ3n) is 9.13. The molecule has 1 amide bonds. The second-order valence-electron chi connectivity index (χ2n) is 12.7. The first-order valence-electron chi connectivity index (χ1n) is 15.7. The highest BCUT2D eigenvalue weighted by Gasteiger charge is 2.37. The number of rotatable bonds is 13. The molecule has 1 aliphatic carbocycles. The van der Waals surface area contributed by atoms with Crippen LogP contribution < -0.4 is 19.3 Å². The molecule has 3 heterocycles. The summed E-state index contributed by atoms with van der Waals surface area (Å²) in [6, 6.07) is 13.7. The van der Waals surface area contributed by atoms with Gasteiger partial charge >= 0.3 is 5.97 Å². The van der Waals surface area contributed by atoms with Gasteiger partial charge in [-0.1, -0.05) is 6.07 Å². The average Bonchev–Trinajstić information content (AvgIpc) is 3.88. The van der Waals surface area contributed by atoms with Gasteiger partial charge in [-0.15, -0.1) is 0 Å². The largest absolute Gasteiger partial charge is 0.497 e. The fourth-order valence-corrected chi connectivity index (χ4v) is 6.01. The molecule has 0 radical (unpaired) electrons. The second kappa shape index (κ2) is 13.8. The van der Waals surface area contributed by atoms with Crippen molar-refractivity contribution >= 4 is 23.4 Å². The number of halogens is 1. The van der Waals surface area contributed by atoms with Crippen LogP contribution in [0.4, 0.5) is 15.9 Å². The Labute approximate surface area is 264 Å². The summed E-state index contributed by atoms with van der Waals surface area (Å²) < 4.78 is 26.9. The van der Waals surface area contributed by atoms with Gasteiger partial charge in [-0.3, -0.25) is 14.5 Å². The minimum absolute atomic E-state index is 0.0107. The zero-order valence-electron chi connectivity index (χ0n) is 26.5. The van der Waals surface area contributed by atoms with Crippen molar-refractivity contribution in [1.82, 2.24) is 9.97 Å². The number of nitrogens with zero attached hydrogens (tertiary/aromatic N) is 4. The molecular weight excluding hydrogens is 575 g/mol. The van der Waals surface area contributed by atoms with E-state index in [1.54, 1.807) is 56.8 Å². The number of benzene rings is 1. The van der Waals surface area contributed by atoms with Crippen molar-refractivity contribution < 1.29 is 28.6 Å². The number of carboxylic acids is 1. The summed E-state index contributed by atoms with van der Waals surface area (Å²) in [6.45, 7) is 6.53. The summed E-state index contributed by atoms with van der Waals surface area (Å²) in [6.07, 6.45) is 7.21. The summed E-state index contributed by atoms with van der Waals surface area (Å²) in [5.74, 6) is 1.12. The van der Waals surface area contributed by atoms with Gasteiger partial charge in [0.1, 0.15) is 17.2 Å². The molecule has 10 heteroatoms. The molecule has 3 aromatic rings. The Morgan fingerprint density at radius 1 is 1.07 bits per heavy atom. The molecule has 1 saturated carbocycles. The van der Waals surface area contributed by atoms with E-state index in [-0.39, 0.29) is 24.2 Å². The molecule has 2 aromatic heterocycles. The van der Waals surface area contributed by atoms with E-state index in [4.69, 9.17) is 9.47 Å². The number of hydrogen-bond acceptors (Lipinski definition) is 7. The lowest BCUT2D eigenvalue weighted by atomic mass is 9.92. The summed E-state index contributed by atoms with van der Waals surface area (Å²) in [5.41, 5.74) is 0.504. The van der Waals surface area contributed by atoms with Crippen LogP contribution in [0.15, 0.2) is 60.9 Å². The van der Waals surface area contributed by atoms with Crippen molar-refractivity contribution in [3.05, 3.63) is 72.1 Å². The first-order valence-corrected chi connectivity index (χ1v) is 15.7. The Morgan fingerprint density at radius 2 is 1.82 bits per heavy atom. The van der Waals surface area contributed by atoms with E-state index < -0.39 is 17.7 Å². The Hall–Kier alpha value is -4.21. The summed E-state index contributed by atoms with van der Waals surface area (Å²) in [5, 5.41) is 9.38. The molecule has 45 heavy (non-hydrogen) atoms. The van der Waals surface area contributed by atoms with Gasteiger partial charge in [-0.05, 0) is 100 Å². The number of methoxy groups -OCH3 is 1. The van der Waals surface area contributed by atoms with E-state index >= 15 is 4.39 Å². The molecule has 1 aromatic carbocycles. The fourth-order valence-electron chi connectivity index (χ4n) is 6.01. The van der Waals surface area contributed by atoms with Gasteiger partial charge in [0.05, 0.1) is 37.4 Å². The molecule has 1 saturated heterocycles. The standard InChI is InChI=1S/C35H43FN4O5/c1-23(35(2,3)36)40(31-7-5-6-15-37-31)34(43)28-11-10-27(44-4)20-30(28)39-17-13-24(14-18-39)22-45-32-19-26(12-16-38-32)29(21-33(41)42)25-8-9-25/h5-7,10-12,15-16,19-20,23-25,29H,8-9,13-14,17-18,21-22H2,1-4H3,(H,41,42)/t23-,29?/m0/s1. The number of alkyl halides is 1. The van der Waals surface area contributed by atoms with Gasteiger partial charge in [-0.2, -0.15) is 0 Å². The Balaban J connectivity index is 1.28. The van der Waals surface area contributed by atoms with E-state index in [2.05, 4.69) is 14.9 Å². The Kier molecular flexibility index (Phi) is 9.90. The molecule has 2 fully saturated rings. The lowest BCUT2D eigenvalue weighted by molar-refractivity contribution is -0.137. The maximum Gasteiger partial charge on any atom is 0.303 e. The number of carbonyl (C=O) groups is 2. The van der Waals surface area contributed by atoms with E-state index in [0.717, 1.165) is 36.9 Å². The molecule has 2 aliphatic rings. The van der Waals surface area contributed by atoms with Crippen molar-refractivity contribution in [3.8, 4) is 11.6 Å². The fraction of sp³-hybridized carbons (Fsp3) is 0.486. The van der Waals surface area contributed by atoms with Gasteiger partial charge in [0.2, 0.25) is 5.88 Å². The number of hydrogen-bond donors (Lipinski definition) is 1. The Bertz CT molecular complexity index is 1470. The normalized spacial score (nSPS) is 17.0. The molecular formula is C35H43FN4O5. The molecule has 2 atom stereocenters. The lowest BCUT2D eigenvalue weighted by Crippen LogP contribution is -2.49.